The standard InChI is InChI=1S/C16H19N3O5S/c1-11(9-13-10-12-5-3-4-6-14(12)24-13)17-15(20)18-7-8-19(16(18)21)25(2,22)23/h3-6,10-11H,7-9H2,1-2H3,(H,17,20)/t11-/m0/s1. The highest BCUT2D eigenvalue weighted by molar-refractivity contribution is 7.88. The van der Waals surface area contributed by atoms with Gasteiger partial charge in [-0.2, -0.15) is 0 Å². The van der Waals surface area contributed by atoms with Crippen molar-refractivity contribution in [2.75, 3.05) is 19.3 Å². The number of hydrogen-bond donors (Lipinski definition) is 1. The first kappa shape index (κ1) is 17.3. The number of benzene rings is 1. The smallest absolute Gasteiger partial charge is 0.341 e. The van der Waals surface area contributed by atoms with Crippen molar-refractivity contribution < 1.29 is 22.4 Å². The molecule has 0 bridgehead atoms. The first-order valence-corrected chi connectivity index (χ1v) is 9.67. The van der Waals surface area contributed by atoms with Crippen molar-refractivity contribution in [3.63, 3.8) is 0 Å². The summed E-state index contributed by atoms with van der Waals surface area (Å²) in [6.07, 6.45) is 1.40. The Bertz CT molecular complexity index is 888. The molecule has 4 amide bonds. The number of sulfonamides is 1. The number of amides is 4. The van der Waals surface area contributed by atoms with Crippen molar-refractivity contribution >= 4 is 33.1 Å². The van der Waals surface area contributed by atoms with Gasteiger partial charge in [0.25, 0.3) is 0 Å². The van der Waals surface area contributed by atoms with Crippen LogP contribution in [0.1, 0.15) is 12.7 Å². The molecule has 0 unspecified atom stereocenters. The van der Waals surface area contributed by atoms with Crippen LogP contribution in [-0.4, -0.2) is 55.1 Å². The fourth-order valence-corrected chi connectivity index (χ4v) is 3.59. The van der Waals surface area contributed by atoms with Crippen molar-refractivity contribution in [3.8, 4) is 0 Å². The van der Waals surface area contributed by atoms with Crippen LogP contribution < -0.4 is 5.32 Å². The van der Waals surface area contributed by atoms with Crippen molar-refractivity contribution in [1.29, 1.82) is 0 Å². The molecule has 25 heavy (non-hydrogen) atoms. The molecule has 2 heterocycles. The summed E-state index contributed by atoms with van der Waals surface area (Å²) in [5.74, 6) is 0.722. The number of nitrogens with one attached hydrogen (secondary N) is 1. The molecule has 0 aliphatic carbocycles. The number of hydrogen-bond acceptors (Lipinski definition) is 5. The van der Waals surface area contributed by atoms with E-state index in [2.05, 4.69) is 5.32 Å². The van der Waals surface area contributed by atoms with Crippen LogP contribution >= 0.6 is 0 Å². The molecule has 0 saturated carbocycles. The Hall–Kier alpha value is -2.55. The minimum atomic E-state index is -3.66. The zero-order valence-corrected chi connectivity index (χ0v) is 14.7. The molecule has 1 aliphatic rings. The van der Waals surface area contributed by atoms with Crippen molar-refractivity contribution in [3.05, 3.63) is 36.1 Å². The summed E-state index contributed by atoms with van der Waals surface area (Å²) in [5.41, 5.74) is 0.773. The average molecular weight is 365 g/mol. The van der Waals surface area contributed by atoms with E-state index >= 15 is 0 Å². The Balaban J connectivity index is 1.62. The van der Waals surface area contributed by atoms with Gasteiger partial charge in [0, 0.05) is 17.8 Å². The number of carbonyl (C=O) groups is 2. The van der Waals surface area contributed by atoms with E-state index in [1.807, 2.05) is 30.3 Å². The molecule has 1 fully saturated rings. The maximum atomic E-state index is 12.2. The second-order valence-electron chi connectivity index (χ2n) is 6.07. The summed E-state index contributed by atoms with van der Waals surface area (Å²) in [5, 5.41) is 3.68. The molecule has 1 atom stereocenters. The summed E-state index contributed by atoms with van der Waals surface area (Å²) in [7, 11) is -3.66. The van der Waals surface area contributed by atoms with E-state index in [9.17, 15) is 18.0 Å². The SMILES string of the molecule is C[C@@H](Cc1cc2ccccc2o1)NC(=O)N1CCN(S(C)(=O)=O)C1=O. The molecule has 1 aliphatic heterocycles. The highest BCUT2D eigenvalue weighted by Crippen LogP contribution is 2.20. The molecule has 0 spiro atoms. The average Bonchev–Trinajstić information content (AvgIpc) is 3.08. The van der Waals surface area contributed by atoms with Crippen LogP contribution in [0.2, 0.25) is 0 Å². The van der Waals surface area contributed by atoms with E-state index in [4.69, 9.17) is 4.42 Å². The molecule has 0 radical (unpaired) electrons. The molecule has 1 N–H and O–H groups in total. The summed E-state index contributed by atoms with van der Waals surface area (Å²) in [6.45, 7) is 1.80. The lowest BCUT2D eigenvalue weighted by Crippen LogP contribution is -2.46. The third-order valence-corrected chi connectivity index (χ3v) is 5.11. The lowest BCUT2D eigenvalue weighted by atomic mass is 10.2. The number of nitrogens with zero attached hydrogens (tertiary/aromatic N) is 2. The topological polar surface area (TPSA) is 99.9 Å². The van der Waals surface area contributed by atoms with Crippen LogP contribution in [0.25, 0.3) is 11.0 Å². The van der Waals surface area contributed by atoms with Crippen LogP contribution in [-0.2, 0) is 16.4 Å². The Morgan fingerprint density at radius 1 is 1.32 bits per heavy atom. The summed E-state index contributed by atoms with van der Waals surface area (Å²) < 4.78 is 29.4. The number of imide groups is 1. The Morgan fingerprint density at radius 3 is 2.68 bits per heavy atom. The van der Waals surface area contributed by atoms with Crippen molar-refractivity contribution in [2.24, 2.45) is 0 Å². The van der Waals surface area contributed by atoms with E-state index in [1.54, 1.807) is 6.92 Å². The van der Waals surface area contributed by atoms with Gasteiger partial charge in [-0.25, -0.2) is 27.2 Å². The first-order chi connectivity index (χ1) is 11.8. The molecular formula is C16H19N3O5S. The fraction of sp³-hybridized carbons (Fsp3) is 0.375. The summed E-state index contributed by atoms with van der Waals surface area (Å²) in [6, 6.07) is 7.79. The third kappa shape index (κ3) is 3.60. The monoisotopic (exact) mass is 365 g/mol. The molecular weight excluding hydrogens is 346 g/mol. The zero-order valence-electron chi connectivity index (χ0n) is 13.9. The maximum Gasteiger partial charge on any atom is 0.341 e. The van der Waals surface area contributed by atoms with E-state index in [0.29, 0.717) is 10.7 Å². The summed E-state index contributed by atoms with van der Waals surface area (Å²) in [4.78, 5) is 25.2. The van der Waals surface area contributed by atoms with Crippen LogP contribution in [0.4, 0.5) is 9.59 Å². The van der Waals surface area contributed by atoms with Gasteiger partial charge in [-0.1, -0.05) is 18.2 Å². The van der Waals surface area contributed by atoms with E-state index in [0.717, 1.165) is 27.9 Å². The predicted molar refractivity (Wildman–Crippen MR) is 91.6 cm³/mol. The number of fused-ring (bicyclic) bond motifs is 1. The summed E-state index contributed by atoms with van der Waals surface area (Å²) >= 11 is 0. The molecule has 9 heteroatoms. The number of urea groups is 2. The minimum Gasteiger partial charge on any atom is -0.461 e. The van der Waals surface area contributed by atoms with Crippen LogP contribution in [0.15, 0.2) is 34.7 Å². The Kier molecular flexibility index (Phi) is 4.42. The number of carbonyl (C=O) groups excluding carboxylic acids is 2. The molecule has 2 aromatic rings. The largest absolute Gasteiger partial charge is 0.461 e. The maximum absolute atomic E-state index is 12.2. The zero-order chi connectivity index (χ0) is 18.2. The Labute approximate surface area is 145 Å². The number of para-hydroxylation sites is 1. The van der Waals surface area contributed by atoms with Crippen LogP contribution in [0.5, 0.6) is 0 Å². The third-order valence-electron chi connectivity index (χ3n) is 3.97. The molecule has 134 valence electrons. The second-order valence-corrected chi connectivity index (χ2v) is 7.98. The van der Waals surface area contributed by atoms with Crippen molar-refractivity contribution in [1.82, 2.24) is 14.5 Å². The van der Waals surface area contributed by atoms with Gasteiger partial charge in [0.15, 0.2) is 0 Å². The molecule has 1 saturated heterocycles. The number of furan rings is 1. The first-order valence-electron chi connectivity index (χ1n) is 7.83. The molecule has 1 aromatic carbocycles. The number of rotatable bonds is 4. The van der Waals surface area contributed by atoms with Gasteiger partial charge in [0.2, 0.25) is 10.0 Å². The lowest BCUT2D eigenvalue weighted by Gasteiger charge is -2.19. The fourth-order valence-electron chi connectivity index (χ4n) is 2.79. The lowest BCUT2D eigenvalue weighted by molar-refractivity contribution is 0.192. The van der Waals surface area contributed by atoms with Crippen LogP contribution in [0.3, 0.4) is 0 Å². The van der Waals surface area contributed by atoms with Gasteiger partial charge in [0.05, 0.1) is 19.3 Å². The minimum absolute atomic E-state index is 0.0248. The van der Waals surface area contributed by atoms with Gasteiger partial charge < -0.3 is 9.73 Å². The normalized spacial score (nSPS) is 16.5. The van der Waals surface area contributed by atoms with Crippen LogP contribution in [0, 0.1) is 0 Å². The molecule has 3 rings (SSSR count). The quantitative estimate of drug-likeness (QED) is 0.890. The van der Waals surface area contributed by atoms with Gasteiger partial charge in [0.1, 0.15) is 11.3 Å². The Morgan fingerprint density at radius 2 is 2.04 bits per heavy atom. The van der Waals surface area contributed by atoms with Gasteiger partial charge >= 0.3 is 12.1 Å². The van der Waals surface area contributed by atoms with E-state index in [-0.39, 0.29) is 19.1 Å². The van der Waals surface area contributed by atoms with E-state index < -0.39 is 22.1 Å². The van der Waals surface area contributed by atoms with Crippen molar-refractivity contribution in [2.45, 2.75) is 19.4 Å². The molecule has 1 aromatic heterocycles. The highest BCUT2D eigenvalue weighted by atomic mass is 32.2. The van der Waals surface area contributed by atoms with Gasteiger partial charge in [-0.3, -0.25) is 0 Å². The van der Waals surface area contributed by atoms with Gasteiger partial charge in [-0.05, 0) is 19.1 Å². The van der Waals surface area contributed by atoms with Gasteiger partial charge in [-0.15, -0.1) is 0 Å². The highest BCUT2D eigenvalue weighted by Gasteiger charge is 2.38. The predicted octanol–water partition coefficient (Wildman–Crippen LogP) is 1.77. The van der Waals surface area contributed by atoms with E-state index in [1.165, 1.54) is 0 Å². The molecule has 8 nitrogen and oxygen atoms in total. The second kappa shape index (κ2) is 6.40.